The predicted octanol–water partition coefficient (Wildman–Crippen LogP) is 5.58. The van der Waals surface area contributed by atoms with Crippen LogP contribution < -0.4 is 10.6 Å². The molecule has 0 saturated carbocycles. The summed E-state index contributed by atoms with van der Waals surface area (Å²) in [6, 6.07) is 17.6. The van der Waals surface area contributed by atoms with Gasteiger partial charge in [0, 0.05) is 5.56 Å². The van der Waals surface area contributed by atoms with E-state index in [0.29, 0.717) is 27.2 Å². The van der Waals surface area contributed by atoms with Gasteiger partial charge in [0.25, 0.3) is 0 Å². The van der Waals surface area contributed by atoms with Crippen molar-refractivity contribution in [1.82, 2.24) is 4.98 Å². The van der Waals surface area contributed by atoms with Gasteiger partial charge in [0.2, 0.25) is 0 Å². The van der Waals surface area contributed by atoms with Gasteiger partial charge in [-0.05, 0) is 31.2 Å². The number of urea groups is 1. The van der Waals surface area contributed by atoms with E-state index in [9.17, 15) is 4.79 Å². The van der Waals surface area contributed by atoms with Gasteiger partial charge >= 0.3 is 6.03 Å². The number of nitrogens with zero attached hydrogens (tertiary/aromatic N) is 2. The van der Waals surface area contributed by atoms with Crippen molar-refractivity contribution in [3.8, 4) is 11.3 Å². The smallest absolute Gasteiger partial charge is 0.325 e. The Balaban J connectivity index is 2.11. The maximum Gasteiger partial charge on any atom is 0.325 e. The molecule has 0 spiro atoms. The number of aromatic nitrogens is 1. The van der Waals surface area contributed by atoms with Gasteiger partial charge in [0.05, 0.1) is 21.4 Å². The number of benzene rings is 2. The number of carbonyl (C=O) groups excluding carboxylic acids is 1. The van der Waals surface area contributed by atoms with E-state index in [1.54, 1.807) is 30.3 Å². The Morgan fingerprint density at radius 2 is 1.56 bits per heavy atom. The highest BCUT2D eigenvalue weighted by Gasteiger charge is 2.22. The Kier molecular flexibility index (Phi) is 4.93. The first-order chi connectivity index (χ1) is 12.0. The highest BCUT2D eigenvalue weighted by atomic mass is 35.5. The fourth-order valence-electron chi connectivity index (χ4n) is 2.47. The van der Waals surface area contributed by atoms with Crippen LogP contribution in [0, 0.1) is 6.92 Å². The van der Waals surface area contributed by atoms with E-state index in [4.69, 9.17) is 28.9 Å². The molecule has 0 aliphatic carbocycles. The summed E-state index contributed by atoms with van der Waals surface area (Å²) in [6.07, 6.45) is 0. The number of anilines is 2. The number of hydrogen-bond donors (Lipinski definition) is 1. The Morgan fingerprint density at radius 1 is 0.960 bits per heavy atom. The van der Waals surface area contributed by atoms with Crippen molar-refractivity contribution in [3.05, 3.63) is 76.3 Å². The molecule has 2 aromatic carbocycles. The summed E-state index contributed by atoms with van der Waals surface area (Å²) in [6.45, 7) is 2.02. The van der Waals surface area contributed by atoms with Crippen LogP contribution in [-0.4, -0.2) is 11.0 Å². The molecule has 6 heteroatoms. The van der Waals surface area contributed by atoms with Gasteiger partial charge in [-0.1, -0.05) is 65.2 Å². The maximum atomic E-state index is 12.1. The molecular formula is C19H15Cl2N3O. The molecule has 4 nitrogen and oxygen atoms in total. The maximum absolute atomic E-state index is 12.1. The number of nitrogens with two attached hydrogens (primary N) is 1. The molecule has 0 fully saturated rings. The molecule has 2 amide bonds. The molecule has 1 heterocycles. The van der Waals surface area contributed by atoms with Crippen LogP contribution in [0.5, 0.6) is 0 Å². The number of hydrogen-bond acceptors (Lipinski definition) is 2. The van der Waals surface area contributed by atoms with Crippen LogP contribution in [0.25, 0.3) is 11.3 Å². The number of pyridine rings is 1. The largest absolute Gasteiger partial charge is 0.351 e. The second kappa shape index (κ2) is 7.13. The molecule has 126 valence electrons. The van der Waals surface area contributed by atoms with Crippen LogP contribution in [0.4, 0.5) is 16.3 Å². The number of rotatable bonds is 3. The SMILES string of the molecule is Cc1ccc(-c2cccc(N(C(N)=O)c3c(Cl)cccc3Cl)n2)cc1. The number of halogens is 2. The molecule has 0 unspecified atom stereocenters. The van der Waals surface area contributed by atoms with E-state index in [1.807, 2.05) is 37.3 Å². The van der Waals surface area contributed by atoms with Gasteiger partial charge in [-0.15, -0.1) is 0 Å². The van der Waals surface area contributed by atoms with Crippen LogP contribution in [0.3, 0.4) is 0 Å². The molecule has 25 heavy (non-hydrogen) atoms. The zero-order valence-corrected chi connectivity index (χ0v) is 14.9. The van der Waals surface area contributed by atoms with Crippen molar-refractivity contribution in [3.63, 3.8) is 0 Å². The molecule has 1 aromatic heterocycles. The van der Waals surface area contributed by atoms with E-state index in [0.717, 1.165) is 11.1 Å². The van der Waals surface area contributed by atoms with Gasteiger partial charge < -0.3 is 5.73 Å². The normalized spacial score (nSPS) is 10.5. The monoisotopic (exact) mass is 371 g/mol. The van der Waals surface area contributed by atoms with Crippen LogP contribution in [-0.2, 0) is 0 Å². The molecule has 0 aliphatic rings. The van der Waals surface area contributed by atoms with Gasteiger partial charge in [0.15, 0.2) is 0 Å². The van der Waals surface area contributed by atoms with E-state index < -0.39 is 6.03 Å². The van der Waals surface area contributed by atoms with Crippen molar-refractivity contribution in [2.75, 3.05) is 4.90 Å². The second-order valence-electron chi connectivity index (χ2n) is 5.49. The summed E-state index contributed by atoms with van der Waals surface area (Å²) in [5, 5.41) is 0.627. The number of para-hydroxylation sites is 1. The standard InChI is InChI=1S/C19H15Cl2N3O/c1-12-8-10-13(11-9-12)16-6-3-7-17(23-16)24(19(22)25)18-14(20)4-2-5-15(18)21/h2-11H,1H3,(H2,22,25). The number of carbonyl (C=O) groups is 1. The Bertz CT molecular complexity index is 906. The Labute approximate surface area is 155 Å². The number of primary amides is 1. The summed E-state index contributed by atoms with van der Waals surface area (Å²) in [5.74, 6) is 0.348. The zero-order chi connectivity index (χ0) is 18.0. The summed E-state index contributed by atoms with van der Waals surface area (Å²) < 4.78 is 0. The minimum atomic E-state index is -0.719. The molecule has 3 rings (SSSR count). The van der Waals surface area contributed by atoms with Crippen molar-refractivity contribution >= 4 is 40.7 Å². The molecule has 3 aromatic rings. The van der Waals surface area contributed by atoms with E-state index in [2.05, 4.69) is 4.98 Å². The first-order valence-corrected chi connectivity index (χ1v) is 8.30. The average Bonchev–Trinajstić information content (AvgIpc) is 2.58. The quantitative estimate of drug-likeness (QED) is 0.652. The summed E-state index contributed by atoms with van der Waals surface area (Å²) >= 11 is 12.5. The highest BCUT2D eigenvalue weighted by molar-refractivity contribution is 6.40. The first-order valence-electron chi connectivity index (χ1n) is 7.55. The van der Waals surface area contributed by atoms with E-state index in [1.165, 1.54) is 4.90 Å². The fourth-order valence-corrected chi connectivity index (χ4v) is 3.04. The third kappa shape index (κ3) is 3.60. The van der Waals surface area contributed by atoms with E-state index in [-0.39, 0.29) is 0 Å². The van der Waals surface area contributed by atoms with Crippen molar-refractivity contribution in [2.45, 2.75) is 6.92 Å². The lowest BCUT2D eigenvalue weighted by Crippen LogP contribution is -2.32. The van der Waals surface area contributed by atoms with Gasteiger partial charge in [0.1, 0.15) is 5.82 Å². The molecule has 0 aliphatic heterocycles. The minimum Gasteiger partial charge on any atom is -0.351 e. The second-order valence-corrected chi connectivity index (χ2v) is 6.31. The average molecular weight is 372 g/mol. The van der Waals surface area contributed by atoms with Gasteiger partial charge in [-0.2, -0.15) is 0 Å². The summed E-state index contributed by atoms with van der Waals surface area (Å²) in [4.78, 5) is 17.9. The predicted molar refractivity (Wildman–Crippen MR) is 103 cm³/mol. The van der Waals surface area contributed by atoms with Gasteiger partial charge in [-0.3, -0.25) is 0 Å². The van der Waals surface area contributed by atoms with Crippen LogP contribution in [0.1, 0.15) is 5.56 Å². The third-order valence-corrected chi connectivity index (χ3v) is 4.30. The summed E-state index contributed by atoms with van der Waals surface area (Å²) in [7, 11) is 0. The van der Waals surface area contributed by atoms with Crippen LogP contribution >= 0.6 is 23.2 Å². The highest BCUT2D eigenvalue weighted by Crippen LogP contribution is 2.37. The lowest BCUT2D eigenvalue weighted by molar-refractivity contribution is 0.256. The lowest BCUT2D eigenvalue weighted by Gasteiger charge is -2.22. The van der Waals surface area contributed by atoms with Crippen LogP contribution in [0.2, 0.25) is 10.0 Å². The lowest BCUT2D eigenvalue weighted by atomic mass is 10.1. The van der Waals surface area contributed by atoms with Gasteiger partial charge in [-0.25, -0.2) is 14.7 Å². The molecule has 0 bridgehead atoms. The third-order valence-electron chi connectivity index (χ3n) is 3.69. The number of aryl methyl sites for hydroxylation is 1. The Hall–Kier alpha value is -2.56. The van der Waals surface area contributed by atoms with Crippen molar-refractivity contribution < 1.29 is 4.79 Å². The number of amides is 2. The topological polar surface area (TPSA) is 59.2 Å². The minimum absolute atomic E-state index is 0.312. The fraction of sp³-hybridized carbons (Fsp3) is 0.0526. The molecular weight excluding hydrogens is 357 g/mol. The van der Waals surface area contributed by atoms with Crippen LogP contribution in [0.15, 0.2) is 60.7 Å². The molecule has 0 saturated heterocycles. The molecule has 2 N–H and O–H groups in total. The zero-order valence-electron chi connectivity index (χ0n) is 13.4. The Morgan fingerprint density at radius 3 is 2.16 bits per heavy atom. The molecule has 0 atom stereocenters. The van der Waals surface area contributed by atoms with Crippen molar-refractivity contribution in [1.29, 1.82) is 0 Å². The molecule has 0 radical (unpaired) electrons. The van der Waals surface area contributed by atoms with E-state index >= 15 is 0 Å². The first kappa shape index (κ1) is 17.3. The van der Waals surface area contributed by atoms with Crippen molar-refractivity contribution in [2.24, 2.45) is 5.73 Å². The summed E-state index contributed by atoms with van der Waals surface area (Å²) in [5.41, 5.74) is 8.69.